The Morgan fingerprint density at radius 2 is 0.971 bits per heavy atom. The molecule has 4 aliphatic heterocycles. The van der Waals surface area contributed by atoms with Crippen molar-refractivity contribution in [3.8, 4) is 11.5 Å². The summed E-state index contributed by atoms with van der Waals surface area (Å²) in [5.74, 6) is 1.82. The normalized spacial score (nSPS) is 30.2. The number of methoxy groups -OCH3 is 2. The molecule has 4 atom stereocenters. The molecule has 4 unspecified atom stereocenters. The second kappa shape index (κ2) is 8.61. The fourth-order valence-electron chi connectivity index (χ4n) is 6.33. The number of ether oxygens (including phenoxy) is 2. The molecule has 34 heavy (non-hydrogen) atoms. The van der Waals surface area contributed by atoms with E-state index in [0.29, 0.717) is 24.4 Å². The number of hydrogen-bond acceptors (Lipinski definition) is 8. The van der Waals surface area contributed by atoms with Gasteiger partial charge in [-0.2, -0.15) is 0 Å². The van der Waals surface area contributed by atoms with Gasteiger partial charge in [0.25, 0.3) is 0 Å². The van der Waals surface area contributed by atoms with Crippen LogP contribution < -0.4 is 19.3 Å². The molecule has 0 bridgehead atoms. The van der Waals surface area contributed by atoms with Crippen molar-refractivity contribution in [2.24, 2.45) is 0 Å². The number of nitrogens with zero attached hydrogens (tertiary/aromatic N) is 6. The zero-order valence-corrected chi connectivity index (χ0v) is 20.7. The Morgan fingerprint density at radius 1 is 0.588 bits per heavy atom. The molecular weight excluding hydrogens is 428 g/mol. The monoisotopic (exact) mass is 464 g/mol. The van der Waals surface area contributed by atoms with Gasteiger partial charge in [-0.15, -0.1) is 0 Å². The SMILES string of the molecule is COc1ccc(N2CN3CC(C)N4CN(c5ccc(OC)cc5)CN5CC(C)N(C2)C3C54)cc1. The molecule has 0 aromatic heterocycles. The van der Waals surface area contributed by atoms with Crippen LogP contribution in [0.15, 0.2) is 48.5 Å². The Balaban J connectivity index is 1.25. The van der Waals surface area contributed by atoms with Crippen LogP contribution in [0.3, 0.4) is 0 Å². The third-order valence-corrected chi connectivity index (χ3v) is 8.07. The number of benzene rings is 2. The lowest BCUT2D eigenvalue weighted by Crippen LogP contribution is -2.84. The molecule has 4 aliphatic rings. The van der Waals surface area contributed by atoms with Crippen LogP contribution in [-0.2, 0) is 0 Å². The van der Waals surface area contributed by atoms with Crippen LogP contribution in [0.4, 0.5) is 11.4 Å². The molecule has 8 nitrogen and oxygen atoms in total. The van der Waals surface area contributed by atoms with Crippen LogP contribution in [0.1, 0.15) is 13.8 Å². The number of hydrogen-bond donors (Lipinski definition) is 0. The Kier molecular flexibility index (Phi) is 5.56. The summed E-state index contributed by atoms with van der Waals surface area (Å²) in [4.78, 5) is 15.9. The van der Waals surface area contributed by atoms with Crippen molar-refractivity contribution >= 4 is 11.4 Å². The summed E-state index contributed by atoms with van der Waals surface area (Å²) in [6.45, 7) is 10.8. The largest absolute Gasteiger partial charge is 0.497 e. The smallest absolute Gasteiger partial charge is 0.119 e. The summed E-state index contributed by atoms with van der Waals surface area (Å²) >= 11 is 0. The van der Waals surface area contributed by atoms with Crippen LogP contribution in [0, 0.1) is 0 Å². The lowest BCUT2D eigenvalue weighted by atomic mass is 9.99. The topological polar surface area (TPSA) is 37.9 Å². The van der Waals surface area contributed by atoms with E-state index < -0.39 is 0 Å². The van der Waals surface area contributed by atoms with Gasteiger partial charge < -0.3 is 19.3 Å². The summed E-state index contributed by atoms with van der Waals surface area (Å²) in [7, 11) is 3.45. The lowest BCUT2D eigenvalue weighted by molar-refractivity contribution is -0.207. The second-order valence-corrected chi connectivity index (χ2v) is 10.1. The molecular formula is C26H36N6O2. The van der Waals surface area contributed by atoms with Gasteiger partial charge in [-0.25, -0.2) is 0 Å². The minimum Gasteiger partial charge on any atom is -0.497 e. The Bertz CT molecular complexity index is 920. The van der Waals surface area contributed by atoms with E-state index in [2.05, 4.69) is 91.8 Å². The molecule has 0 saturated carbocycles. The van der Waals surface area contributed by atoms with Gasteiger partial charge in [0, 0.05) is 36.5 Å². The Hall–Kier alpha value is -2.52. The van der Waals surface area contributed by atoms with Crippen LogP contribution in [0.2, 0.25) is 0 Å². The molecule has 4 saturated heterocycles. The van der Waals surface area contributed by atoms with Gasteiger partial charge in [-0.3, -0.25) is 19.6 Å². The van der Waals surface area contributed by atoms with Crippen molar-refractivity contribution in [2.75, 3.05) is 63.8 Å². The van der Waals surface area contributed by atoms with Gasteiger partial charge in [-0.05, 0) is 62.4 Å². The maximum atomic E-state index is 5.37. The van der Waals surface area contributed by atoms with Crippen molar-refractivity contribution in [3.63, 3.8) is 0 Å². The highest BCUT2D eigenvalue weighted by Gasteiger charge is 2.54. The molecule has 0 N–H and O–H groups in total. The summed E-state index contributed by atoms with van der Waals surface area (Å²) < 4.78 is 10.7. The molecule has 2 aromatic rings. The molecule has 0 aliphatic carbocycles. The van der Waals surface area contributed by atoms with E-state index in [-0.39, 0.29) is 0 Å². The van der Waals surface area contributed by atoms with Crippen molar-refractivity contribution in [2.45, 2.75) is 38.3 Å². The zero-order valence-electron chi connectivity index (χ0n) is 20.7. The highest BCUT2D eigenvalue weighted by Crippen LogP contribution is 2.39. The van der Waals surface area contributed by atoms with E-state index in [0.717, 1.165) is 51.3 Å². The molecule has 0 amide bonds. The first-order valence-electron chi connectivity index (χ1n) is 12.3. The first-order chi connectivity index (χ1) is 16.6. The first-order valence-corrected chi connectivity index (χ1v) is 12.3. The lowest BCUT2D eigenvalue weighted by Gasteiger charge is -2.67. The molecule has 182 valence electrons. The minimum absolute atomic E-state index is 0.424. The highest BCUT2D eigenvalue weighted by molar-refractivity contribution is 5.50. The van der Waals surface area contributed by atoms with Crippen LogP contribution in [0.5, 0.6) is 11.5 Å². The second-order valence-electron chi connectivity index (χ2n) is 10.1. The highest BCUT2D eigenvalue weighted by atomic mass is 16.5. The van der Waals surface area contributed by atoms with E-state index in [1.165, 1.54) is 11.4 Å². The molecule has 0 radical (unpaired) electrons. The summed E-state index contributed by atoms with van der Waals surface area (Å²) in [6, 6.07) is 18.0. The van der Waals surface area contributed by atoms with Crippen LogP contribution >= 0.6 is 0 Å². The average molecular weight is 465 g/mol. The van der Waals surface area contributed by atoms with E-state index in [4.69, 9.17) is 9.47 Å². The predicted molar refractivity (Wildman–Crippen MR) is 134 cm³/mol. The van der Waals surface area contributed by atoms with Crippen LogP contribution in [0.25, 0.3) is 0 Å². The fraction of sp³-hybridized carbons (Fsp3) is 0.538. The Morgan fingerprint density at radius 3 is 1.32 bits per heavy atom. The van der Waals surface area contributed by atoms with Gasteiger partial charge in [0.1, 0.15) is 11.5 Å². The van der Waals surface area contributed by atoms with E-state index in [1.54, 1.807) is 14.2 Å². The standard InChI is InChI=1S/C26H36N6O2/c1-19-13-27-15-30(22-7-11-24(34-4)12-8-22)18-32-20(2)14-28-16-29(17-31(19)25(28)26(27)32)21-5-9-23(33-3)10-6-21/h5-12,19-20,25-26H,13-18H2,1-4H3. The summed E-state index contributed by atoms with van der Waals surface area (Å²) in [5, 5.41) is 0. The summed E-state index contributed by atoms with van der Waals surface area (Å²) in [5.41, 5.74) is 2.52. The van der Waals surface area contributed by atoms with Crippen LogP contribution in [-0.4, -0.2) is 98.0 Å². The van der Waals surface area contributed by atoms with Crippen molar-refractivity contribution in [1.29, 1.82) is 0 Å². The zero-order chi connectivity index (χ0) is 23.4. The fourth-order valence-corrected chi connectivity index (χ4v) is 6.33. The number of piperazine rings is 2. The molecule has 8 heteroatoms. The molecule has 0 spiro atoms. The van der Waals surface area contributed by atoms with E-state index >= 15 is 0 Å². The van der Waals surface area contributed by atoms with Gasteiger partial charge in [0.2, 0.25) is 0 Å². The third-order valence-electron chi connectivity index (χ3n) is 8.07. The molecule has 4 heterocycles. The van der Waals surface area contributed by atoms with Gasteiger partial charge in [0.05, 0.1) is 53.2 Å². The Labute approximate surface area is 202 Å². The third kappa shape index (κ3) is 3.60. The predicted octanol–water partition coefficient (Wildman–Crippen LogP) is 2.54. The molecule has 2 aromatic carbocycles. The first kappa shape index (κ1) is 22.0. The van der Waals surface area contributed by atoms with Gasteiger partial charge >= 0.3 is 0 Å². The quantitative estimate of drug-likeness (QED) is 0.684. The average Bonchev–Trinajstić information content (AvgIpc) is 2.88. The number of anilines is 2. The number of rotatable bonds is 4. The van der Waals surface area contributed by atoms with Crippen molar-refractivity contribution in [1.82, 2.24) is 19.6 Å². The van der Waals surface area contributed by atoms with Gasteiger partial charge in [-0.1, -0.05) is 0 Å². The van der Waals surface area contributed by atoms with E-state index in [1.807, 2.05) is 0 Å². The van der Waals surface area contributed by atoms with E-state index in [9.17, 15) is 0 Å². The maximum Gasteiger partial charge on any atom is 0.119 e. The molecule has 6 rings (SSSR count). The molecule has 4 fully saturated rings. The van der Waals surface area contributed by atoms with Crippen molar-refractivity contribution < 1.29 is 9.47 Å². The van der Waals surface area contributed by atoms with Crippen molar-refractivity contribution in [3.05, 3.63) is 48.5 Å². The maximum absolute atomic E-state index is 5.37. The summed E-state index contributed by atoms with van der Waals surface area (Å²) in [6.07, 6.45) is 0.847. The van der Waals surface area contributed by atoms with Gasteiger partial charge in [0.15, 0.2) is 0 Å². The minimum atomic E-state index is 0.424.